The number of ketones is 1. The molecular formula is C28H46O2. The molecule has 1 N–H and O–H groups in total. The van der Waals surface area contributed by atoms with E-state index in [1.807, 2.05) is 6.92 Å². The Kier molecular flexibility index (Phi) is 18.2. The van der Waals surface area contributed by atoms with Gasteiger partial charge in [-0.15, -0.1) is 0 Å². The predicted molar refractivity (Wildman–Crippen MR) is 133 cm³/mol. The number of unbranched alkanes of at least 4 members (excludes halogenated alkanes) is 4. The van der Waals surface area contributed by atoms with Crippen LogP contribution in [-0.4, -0.2) is 17.0 Å². The van der Waals surface area contributed by atoms with Crippen LogP contribution < -0.4 is 0 Å². The Bertz CT molecular complexity index is 573. The van der Waals surface area contributed by atoms with Crippen molar-refractivity contribution in [3.05, 3.63) is 60.3 Å². The van der Waals surface area contributed by atoms with Crippen molar-refractivity contribution in [1.29, 1.82) is 0 Å². The van der Waals surface area contributed by atoms with Gasteiger partial charge in [0.2, 0.25) is 0 Å². The zero-order valence-electron chi connectivity index (χ0n) is 19.9. The van der Waals surface area contributed by atoms with Crippen LogP contribution in [0.3, 0.4) is 0 Å². The molecule has 2 heteroatoms. The molecule has 0 aromatic carbocycles. The maximum atomic E-state index is 11.9. The topological polar surface area (TPSA) is 37.3 Å². The van der Waals surface area contributed by atoms with Crippen molar-refractivity contribution in [1.82, 2.24) is 0 Å². The van der Waals surface area contributed by atoms with Crippen molar-refractivity contribution in [3.63, 3.8) is 0 Å². The minimum Gasteiger partial charge on any atom is -0.393 e. The van der Waals surface area contributed by atoms with Crippen LogP contribution in [0.15, 0.2) is 60.3 Å². The van der Waals surface area contributed by atoms with Crippen LogP contribution in [-0.2, 0) is 4.79 Å². The summed E-state index contributed by atoms with van der Waals surface area (Å²) in [5, 5.41) is 9.60. The first-order valence-electron chi connectivity index (χ1n) is 11.9. The molecular weight excluding hydrogens is 368 g/mol. The fourth-order valence-electron chi connectivity index (χ4n) is 3.26. The molecule has 0 radical (unpaired) electrons. The minimum absolute atomic E-state index is 0.232. The molecule has 0 unspecified atom stereocenters. The van der Waals surface area contributed by atoms with Crippen molar-refractivity contribution < 1.29 is 9.90 Å². The number of Topliss-reactive ketones (excluding diaryl/α,β-unsaturated/α-hetero) is 1. The molecule has 0 aromatic heterocycles. The Morgan fingerprint density at radius 3 is 2.03 bits per heavy atom. The van der Waals surface area contributed by atoms with E-state index in [-0.39, 0.29) is 6.10 Å². The van der Waals surface area contributed by atoms with E-state index in [9.17, 15) is 9.90 Å². The fourth-order valence-corrected chi connectivity index (χ4v) is 3.26. The average molecular weight is 415 g/mol. The second kappa shape index (κ2) is 19.3. The quantitative estimate of drug-likeness (QED) is 0.131. The third-order valence-corrected chi connectivity index (χ3v) is 5.05. The molecule has 0 saturated heterocycles. The van der Waals surface area contributed by atoms with Gasteiger partial charge in [0.05, 0.1) is 6.10 Å². The van der Waals surface area contributed by atoms with Crippen LogP contribution in [0, 0.1) is 0 Å². The van der Waals surface area contributed by atoms with E-state index >= 15 is 0 Å². The number of aliphatic hydroxyl groups is 1. The van der Waals surface area contributed by atoms with E-state index in [4.69, 9.17) is 0 Å². The summed E-state index contributed by atoms with van der Waals surface area (Å²) in [4.78, 5) is 11.9. The molecule has 0 aliphatic carbocycles. The smallest absolute Gasteiger partial charge is 0.132 e. The number of aliphatic hydroxyl groups excluding tert-OH is 1. The monoisotopic (exact) mass is 414 g/mol. The van der Waals surface area contributed by atoms with Crippen molar-refractivity contribution in [3.8, 4) is 0 Å². The molecule has 2 nitrogen and oxygen atoms in total. The van der Waals surface area contributed by atoms with Gasteiger partial charge in [-0.1, -0.05) is 67.2 Å². The van der Waals surface area contributed by atoms with Gasteiger partial charge in [-0.05, 0) is 84.5 Å². The highest BCUT2D eigenvalue weighted by Crippen LogP contribution is 2.14. The third-order valence-electron chi connectivity index (χ3n) is 5.05. The van der Waals surface area contributed by atoms with Gasteiger partial charge >= 0.3 is 0 Å². The molecule has 0 aliphatic heterocycles. The Morgan fingerprint density at radius 1 is 0.867 bits per heavy atom. The van der Waals surface area contributed by atoms with E-state index in [1.165, 1.54) is 11.1 Å². The summed E-state index contributed by atoms with van der Waals surface area (Å²) in [6.45, 7) is 14.3. The highest BCUT2D eigenvalue weighted by molar-refractivity contribution is 5.78. The molecule has 0 heterocycles. The molecule has 0 bridgehead atoms. The lowest BCUT2D eigenvalue weighted by molar-refractivity contribution is -0.119. The summed E-state index contributed by atoms with van der Waals surface area (Å²) in [5.41, 5.74) is 3.60. The highest BCUT2D eigenvalue weighted by Gasteiger charge is 2.03. The van der Waals surface area contributed by atoms with E-state index < -0.39 is 0 Å². The van der Waals surface area contributed by atoms with Gasteiger partial charge in [-0.3, -0.25) is 4.79 Å². The first-order chi connectivity index (χ1) is 14.3. The molecule has 170 valence electrons. The number of carbonyl (C=O) groups is 1. The standard InChI is InChI=1S/C28H46O2/c1-6-27(29)23-26(5)18-14-12-10-8-7-9-11-13-15-20-28(30)21-17-16-19-25(4)22-24(2)3/h7-10,22,27,29H,4-6,11-21,23H2,1-3H3/b9-7+,10-8+/t27-/m1/s1. The fraction of sp³-hybridized carbons (Fsp3) is 0.607. The molecule has 0 amide bonds. The third kappa shape index (κ3) is 19.6. The normalized spacial score (nSPS) is 12.4. The summed E-state index contributed by atoms with van der Waals surface area (Å²) in [6.07, 6.45) is 22.7. The average Bonchev–Trinajstić information content (AvgIpc) is 2.68. The van der Waals surface area contributed by atoms with Crippen molar-refractivity contribution >= 4 is 5.78 Å². The van der Waals surface area contributed by atoms with Crippen LogP contribution in [0.1, 0.15) is 104 Å². The van der Waals surface area contributed by atoms with Crippen molar-refractivity contribution in [2.45, 2.75) is 110 Å². The zero-order chi connectivity index (χ0) is 22.6. The number of allylic oxidation sites excluding steroid dienone is 7. The molecule has 1 atom stereocenters. The van der Waals surface area contributed by atoms with Gasteiger partial charge in [-0.2, -0.15) is 0 Å². The second-order valence-corrected chi connectivity index (χ2v) is 8.64. The maximum absolute atomic E-state index is 11.9. The molecule has 0 aromatic rings. The van der Waals surface area contributed by atoms with Gasteiger partial charge in [0.25, 0.3) is 0 Å². The van der Waals surface area contributed by atoms with Crippen LogP contribution in [0.5, 0.6) is 0 Å². The van der Waals surface area contributed by atoms with Gasteiger partial charge in [0.1, 0.15) is 5.78 Å². The highest BCUT2D eigenvalue weighted by atomic mass is 16.3. The number of rotatable bonds is 19. The number of carbonyl (C=O) groups excluding carboxylic acids is 1. The second-order valence-electron chi connectivity index (χ2n) is 8.64. The first kappa shape index (κ1) is 28.3. The number of hydrogen-bond acceptors (Lipinski definition) is 2. The van der Waals surface area contributed by atoms with E-state index in [0.29, 0.717) is 12.2 Å². The predicted octanol–water partition coefficient (Wildman–Crippen LogP) is 8.20. The van der Waals surface area contributed by atoms with Gasteiger partial charge in [0, 0.05) is 12.8 Å². The Hall–Kier alpha value is -1.67. The number of hydrogen-bond donors (Lipinski definition) is 1. The maximum Gasteiger partial charge on any atom is 0.132 e. The Balaban J connectivity index is 3.58. The van der Waals surface area contributed by atoms with Gasteiger partial charge in [-0.25, -0.2) is 0 Å². The van der Waals surface area contributed by atoms with Crippen molar-refractivity contribution in [2.24, 2.45) is 0 Å². The zero-order valence-corrected chi connectivity index (χ0v) is 19.9. The van der Waals surface area contributed by atoms with Crippen LogP contribution >= 0.6 is 0 Å². The Labute approximate surface area is 186 Å². The van der Waals surface area contributed by atoms with E-state index in [0.717, 1.165) is 82.6 Å². The molecule has 0 spiro atoms. The van der Waals surface area contributed by atoms with Gasteiger partial charge in [0.15, 0.2) is 0 Å². The molecule has 0 rings (SSSR count). The molecule has 30 heavy (non-hydrogen) atoms. The summed E-state index contributed by atoms with van der Waals surface area (Å²) >= 11 is 0. The first-order valence-corrected chi connectivity index (χ1v) is 11.9. The lowest BCUT2D eigenvalue weighted by atomic mass is 10.0. The lowest BCUT2D eigenvalue weighted by Gasteiger charge is -2.09. The summed E-state index contributed by atoms with van der Waals surface area (Å²) < 4.78 is 0. The van der Waals surface area contributed by atoms with Crippen LogP contribution in [0.2, 0.25) is 0 Å². The van der Waals surface area contributed by atoms with Crippen molar-refractivity contribution in [2.75, 3.05) is 0 Å². The molecule has 0 saturated carbocycles. The van der Waals surface area contributed by atoms with E-state index in [1.54, 1.807) is 0 Å². The summed E-state index contributed by atoms with van der Waals surface area (Å²) in [7, 11) is 0. The largest absolute Gasteiger partial charge is 0.393 e. The van der Waals surface area contributed by atoms with Crippen LogP contribution in [0.4, 0.5) is 0 Å². The lowest BCUT2D eigenvalue weighted by Crippen LogP contribution is -2.04. The molecule has 0 fully saturated rings. The van der Waals surface area contributed by atoms with Gasteiger partial charge < -0.3 is 5.11 Å². The SMILES string of the molecule is C=C(C=C(C)C)CCCCC(=O)CCCC/C=C/C=C/CCCC(=C)C[C@H](O)CC. The van der Waals surface area contributed by atoms with Crippen LogP contribution in [0.25, 0.3) is 0 Å². The minimum atomic E-state index is -0.232. The van der Waals surface area contributed by atoms with E-state index in [2.05, 4.69) is 57.4 Å². The molecule has 0 aliphatic rings. The summed E-state index contributed by atoms with van der Waals surface area (Å²) in [5.74, 6) is 0.403. The summed E-state index contributed by atoms with van der Waals surface area (Å²) in [6, 6.07) is 0. The Morgan fingerprint density at radius 2 is 1.43 bits per heavy atom.